The highest BCUT2D eigenvalue weighted by Crippen LogP contribution is 2.22. The van der Waals surface area contributed by atoms with E-state index in [1.807, 2.05) is 19.1 Å². The van der Waals surface area contributed by atoms with Crippen LogP contribution >= 0.6 is 11.8 Å². The molecule has 6 nitrogen and oxygen atoms in total. The maximum Gasteiger partial charge on any atom is 0.283 e. The van der Waals surface area contributed by atoms with Crippen LogP contribution in [-0.2, 0) is 17.8 Å². The number of aromatic amines is 1. The van der Waals surface area contributed by atoms with Crippen LogP contribution < -0.4 is 10.9 Å². The standard InChI is InChI=1S/C24H23FN4O2S/c1-3-16-4-6-17(7-5-16)13-26-21(30)14-32-24-28-20-12-15(2)27-22(20)23(31)29(24)19-10-8-18(25)9-11-19/h4-12,27H,3,13-14H2,1-2H3,(H,26,30). The first-order valence-corrected chi connectivity index (χ1v) is 11.3. The first-order chi connectivity index (χ1) is 15.4. The highest BCUT2D eigenvalue weighted by molar-refractivity contribution is 7.99. The average Bonchev–Trinajstić information content (AvgIpc) is 3.18. The van der Waals surface area contributed by atoms with Crippen LogP contribution in [0.4, 0.5) is 4.39 Å². The van der Waals surface area contributed by atoms with E-state index < -0.39 is 5.82 Å². The Labute approximate surface area is 188 Å². The topological polar surface area (TPSA) is 79.8 Å². The molecule has 1 amide bonds. The number of benzene rings is 2. The zero-order chi connectivity index (χ0) is 22.7. The van der Waals surface area contributed by atoms with Gasteiger partial charge in [-0.15, -0.1) is 0 Å². The molecule has 2 aromatic carbocycles. The molecular weight excluding hydrogens is 427 g/mol. The number of hydrogen-bond acceptors (Lipinski definition) is 4. The van der Waals surface area contributed by atoms with Crippen molar-refractivity contribution in [3.63, 3.8) is 0 Å². The number of nitrogens with one attached hydrogen (secondary N) is 2. The number of fused-ring (bicyclic) bond motifs is 1. The Bertz CT molecular complexity index is 1310. The van der Waals surface area contributed by atoms with Crippen molar-refractivity contribution >= 4 is 28.7 Å². The first kappa shape index (κ1) is 21.8. The lowest BCUT2D eigenvalue weighted by Gasteiger charge is -2.12. The molecule has 0 bridgehead atoms. The van der Waals surface area contributed by atoms with Crippen LogP contribution in [0.25, 0.3) is 16.7 Å². The van der Waals surface area contributed by atoms with Gasteiger partial charge in [0.2, 0.25) is 5.91 Å². The minimum atomic E-state index is -0.396. The third kappa shape index (κ3) is 4.75. The molecule has 164 valence electrons. The van der Waals surface area contributed by atoms with Gasteiger partial charge in [0.05, 0.1) is 17.0 Å². The largest absolute Gasteiger partial charge is 0.353 e. The quantitative estimate of drug-likeness (QED) is 0.328. The van der Waals surface area contributed by atoms with Gasteiger partial charge in [-0.3, -0.25) is 14.2 Å². The van der Waals surface area contributed by atoms with Crippen molar-refractivity contribution in [2.24, 2.45) is 0 Å². The van der Waals surface area contributed by atoms with E-state index in [1.165, 1.54) is 46.2 Å². The number of hydrogen-bond donors (Lipinski definition) is 2. The van der Waals surface area contributed by atoms with Crippen molar-refractivity contribution < 1.29 is 9.18 Å². The lowest BCUT2D eigenvalue weighted by molar-refractivity contribution is -0.118. The van der Waals surface area contributed by atoms with Gasteiger partial charge >= 0.3 is 0 Å². The Hall–Kier alpha value is -3.39. The van der Waals surface area contributed by atoms with Crippen LogP contribution in [0.2, 0.25) is 0 Å². The van der Waals surface area contributed by atoms with Crippen LogP contribution in [0.1, 0.15) is 23.7 Å². The minimum Gasteiger partial charge on any atom is -0.353 e. The van der Waals surface area contributed by atoms with E-state index in [1.54, 1.807) is 6.07 Å². The number of thioether (sulfide) groups is 1. The number of aromatic nitrogens is 3. The first-order valence-electron chi connectivity index (χ1n) is 10.3. The SMILES string of the molecule is CCc1ccc(CNC(=O)CSc2nc3cc(C)[nH]c3c(=O)n2-c2ccc(F)cc2)cc1. The third-order valence-corrected chi connectivity index (χ3v) is 6.03. The smallest absolute Gasteiger partial charge is 0.283 e. The van der Waals surface area contributed by atoms with Gasteiger partial charge < -0.3 is 10.3 Å². The summed E-state index contributed by atoms with van der Waals surface area (Å²) in [7, 11) is 0. The van der Waals surface area contributed by atoms with Gasteiger partial charge in [0, 0.05) is 12.2 Å². The fourth-order valence-electron chi connectivity index (χ4n) is 3.37. The summed E-state index contributed by atoms with van der Waals surface area (Å²) in [6, 6.07) is 15.5. The van der Waals surface area contributed by atoms with Crippen LogP contribution in [-0.4, -0.2) is 26.2 Å². The predicted molar refractivity (Wildman–Crippen MR) is 125 cm³/mol. The number of halogens is 1. The number of amides is 1. The van der Waals surface area contributed by atoms with Crippen LogP contribution in [0, 0.1) is 12.7 Å². The molecule has 2 heterocycles. The molecule has 0 saturated carbocycles. The predicted octanol–water partition coefficient (Wildman–Crippen LogP) is 4.13. The van der Waals surface area contributed by atoms with Crippen LogP contribution in [0.15, 0.2) is 64.5 Å². The van der Waals surface area contributed by atoms with Gasteiger partial charge in [0.25, 0.3) is 5.56 Å². The van der Waals surface area contributed by atoms with E-state index in [9.17, 15) is 14.0 Å². The van der Waals surface area contributed by atoms with Gasteiger partial charge in [-0.2, -0.15) is 0 Å². The molecule has 32 heavy (non-hydrogen) atoms. The molecule has 0 spiro atoms. The zero-order valence-electron chi connectivity index (χ0n) is 17.8. The molecule has 2 aromatic heterocycles. The summed E-state index contributed by atoms with van der Waals surface area (Å²) in [6.07, 6.45) is 0.969. The van der Waals surface area contributed by atoms with Crippen molar-refractivity contribution in [3.05, 3.63) is 87.6 Å². The molecule has 0 aliphatic carbocycles. The normalized spacial score (nSPS) is 11.1. The fourth-order valence-corrected chi connectivity index (χ4v) is 4.21. The summed E-state index contributed by atoms with van der Waals surface area (Å²) < 4.78 is 14.8. The van der Waals surface area contributed by atoms with Gasteiger partial charge in [-0.25, -0.2) is 9.37 Å². The molecule has 0 fully saturated rings. The van der Waals surface area contributed by atoms with Gasteiger partial charge in [-0.1, -0.05) is 43.0 Å². The summed E-state index contributed by atoms with van der Waals surface area (Å²) in [6.45, 7) is 4.37. The highest BCUT2D eigenvalue weighted by Gasteiger charge is 2.16. The van der Waals surface area contributed by atoms with Crippen LogP contribution in [0.3, 0.4) is 0 Å². The number of carbonyl (C=O) groups excluding carboxylic acids is 1. The second-order valence-corrected chi connectivity index (χ2v) is 8.40. The second kappa shape index (κ2) is 9.40. The zero-order valence-corrected chi connectivity index (χ0v) is 18.6. The van der Waals surface area contributed by atoms with Crippen molar-refractivity contribution in [1.82, 2.24) is 19.9 Å². The number of carbonyl (C=O) groups is 1. The third-order valence-electron chi connectivity index (χ3n) is 5.09. The Morgan fingerprint density at radius 1 is 1.12 bits per heavy atom. The van der Waals surface area contributed by atoms with E-state index in [4.69, 9.17) is 0 Å². The van der Waals surface area contributed by atoms with E-state index in [2.05, 4.69) is 34.3 Å². The van der Waals surface area contributed by atoms with Gasteiger partial charge in [-0.05, 0) is 54.8 Å². The van der Waals surface area contributed by atoms with Gasteiger partial charge in [0.15, 0.2) is 5.16 Å². The molecule has 0 unspecified atom stereocenters. The van der Waals surface area contributed by atoms with Crippen molar-refractivity contribution in [2.75, 3.05) is 5.75 Å². The van der Waals surface area contributed by atoms with Crippen molar-refractivity contribution in [2.45, 2.75) is 32.0 Å². The molecule has 4 aromatic rings. The molecular formula is C24H23FN4O2S. The number of rotatable bonds is 7. The van der Waals surface area contributed by atoms with Gasteiger partial charge in [0.1, 0.15) is 11.3 Å². The fraction of sp³-hybridized carbons (Fsp3) is 0.208. The molecule has 2 N–H and O–H groups in total. The molecule has 4 rings (SSSR count). The average molecular weight is 451 g/mol. The number of H-pyrrole nitrogens is 1. The monoisotopic (exact) mass is 450 g/mol. The molecule has 0 atom stereocenters. The summed E-state index contributed by atoms with van der Waals surface area (Å²) in [5.74, 6) is -0.470. The maximum absolute atomic E-state index is 13.4. The lowest BCUT2D eigenvalue weighted by atomic mass is 10.1. The van der Waals surface area contributed by atoms with Crippen LogP contribution in [0.5, 0.6) is 0 Å². The molecule has 0 saturated heterocycles. The van der Waals surface area contributed by atoms with E-state index in [-0.39, 0.29) is 17.2 Å². The number of aryl methyl sites for hydroxylation is 2. The molecule has 8 heteroatoms. The Balaban J connectivity index is 1.54. The van der Waals surface area contributed by atoms with E-state index in [0.29, 0.717) is 28.4 Å². The summed E-state index contributed by atoms with van der Waals surface area (Å²) in [5, 5.41) is 3.27. The van der Waals surface area contributed by atoms with Crippen molar-refractivity contribution in [1.29, 1.82) is 0 Å². The number of nitrogens with zero attached hydrogens (tertiary/aromatic N) is 2. The van der Waals surface area contributed by atoms with Crippen molar-refractivity contribution in [3.8, 4) is 5.69 Å². The van der Waals surface area contributed by atoms with E-state index >= 15 is 0 Å². The minimum absolute atomic E-state index is 0.0928. The molecule has 0 aliphatic rings. The Kier molecular flexibility index (Phi) is 6.41. The highest BCUT2D eigenvalue weighted by atomic mass is 32.2. The molecule has 0 radical (unpaired) electrons. The molecule has 0 aliphatic heterocycles. The summed E-state index contributed by atoms with van der Waals surface area (Å²) in [4.78, 5) is 33.2. The van der Waals surface area contributed by atoms with E-state index in [0.717, 1.165) is 17.7 Å². The Morgan fingerprint density at radius 3 is 2.50 bits per heavy atom. The second-order valence-electron chi connectivity index (χ2n) is 7.46. The lowest BCUT2D eigenvalue weighted by Crippen LogP contribution is -2.26. The summed E-state index contributed by atoms with van der Waals surface area (Å²) >= 11 is 1.17. The Morgan fingerprint density at radius 2 is 1.81 bits per heavy atom. The maximum atomic E-state index is 13.4. The summed E-state index contributed by atoms with van der Waals surface area (Å²) in [5.41, 5.74) is 4.16.